The first kappa shape index (κ1) is 32.6. The lowest BCUT2D eigenvalue weighted by Crippen LogP contribution is -2.57. The van der Waals surface area contributed by atoms with Gasteiger partial charge in [0.05, 0.1) is 26.0 Å². The molecule has 43 heavy (non-hydrogen) atoms. The van der Waals surface area contributed by atoms with Crippen LogP contribution in [0.4, 0.5) is 4.79 Å². The van der Waals surface area contributed by atoms with Crippen LogP contribution in [0.2, 0.25) is 0 Å². The third-order valence-corrected chi connectivity index (χ3v) is 9.36. The van der Waals surface area contributed by atoms with E-state index < -0.39 is 31.5 Å². The molecule has 2 heterocycles. The van der Waals surface area contributed by atoms with E-state index in [2.05, 4.69) is 10.3 Å². The van der Waals surface area contributed by atoms with E-state index >= 15 is 0 Å². The van der Waals surface area contributed by atoms with Crippen LogP contribution in [0.3, 0.4) is 0 Å². The number of ether oxygens (including phenoxy) is 1. The average molecular weight is 616 g/mol. The summed E-state index contributed by atoms with van der Waals surface area (Å²) in [6.45, 7) is 7.00. The normalized spacial score (nSPS) is 16.1. The second-order valence-electron chi connectivity index (χ2n) is 10.6. The molecule has 1 N–H and O–H groups in total. The average Bonchev–Trinajstić information content (AvgIpc) is 3.87. The zero-order valence-corrected chi connectivity index (χ0v) is 26.1. The molecule has 0 radical (unpaired) electrons. The Morgan fingerprint density at radius 3 is 2.23 bits per heavy atom. The smallest absolute Gasteiger partial charge is 0.409 e. The maximum absolute atomic E-state index is 13.8. The summed E-state index contributed by atoms with van der Waals surface area (Å²) in [6.07, 6.45) is 2.92. The SMILES string of the molecule is CCCCOC(=O)N1CCN(C(=O)[C@H](CP(=O)(OCC)OCC)NC(=O)c2cc(C3CC3)nc(-c3ccccc3)n2)CC1. The van der Waals surface area contributed by atoms with Gasteiger partial charge in [-0.1, -0.05) is 43.7 Å². The van der Waals surface area contributed by atoms with Crippen LogP contribution in [0.5, 0.6) is 0 Å². The molecule has 4 rings (SSSR count). The Morgan fingerprint density at radius 1 is 0.977 bits per heavy atom. The van der Waals surface area contributed by atoms with Gasteiger partial charge in [0.15, 0.2) is 5.82 Å². The number of nitrogens with zero attached hydrogens (tertiary/aromatic N) is 4. The van der Waals surface area contributed by atoms with Crippen molar-refractivity contribution in [2.24, 2.45) is 0 Å². The Kier molecular flexibility index (Phi) is 11.7. The second kappa shape index (κ2) is 15.4. The topological polar surface area (TPSA) is 140 Å². The Balaban J connectivity index is 1.54. The van der Waals surface area contributed by atoms with Crippen LogP contribution in [-0.2, 0) is 23.1 Å². The van der Waals surface area contributed by atoms with Crippen molar-refractivity contribution in [3.8, 4) is 11.4 Å². The van der Waals surface area contributed by atoms with Crippen LogP contribution in [0.1, 0.15) is 68.6 Å². The molecule has 2 aromatic rings. The van der Waals surface area contributed by atoms with Crippen LogP contribution in [0.15, 0.2) is 36.4 Å². The van der Waals surface area contributed by atoms with Crippen LogP contribution in [0, 0.1) is 0 Å². The third kappa shape index (κ3) is 9.08. The minimum absolute atomic E-state index is 0.113. The molecule has 1 aromatic heterocycles. The van der Waals surface area contributed by atoms with Crippen LogP contribution < -0.4 is 5.32 Å². The van der Waals surface area contributed by atoms with Gasteiger partial charge in [0.2, 0.25) is 5.91 Å². The molecule has 2 fully saturated rings. The summed E-state index contributed by atoms with van der Waals surface area (Å²) in [6, 6.07) is 9.84. The summed E-state index contributed by atoms with van der Waals surface area (Å²) in [5, 5.41) is 2.78. The van der Waals surface area contributed by atoms with Gasteiger partial charge in [-0.2, -0.15) is 0 Å². The molecule has 1 saturated heterocycles. The maximum Gasteiger partial charge on any atom is 0.409 e. The molecular formula is C30H42N5O7P. The number of piperazine rings is 1. The highest BCUT2D eigenvalue weighted by Crippen LogP contribution is 2.48. The predicted molar refractivity (Wildman–Crippen MR) is 161 cm³/mol. The zero-order chi connectivity index (χ0) is 30.8. The van der Waals surface area contributed by atoms with Gasteiger partial charge in [-0.3, -0.25) is 14.2 Å². The maximum atomic E-state index is 13.8. The van der Waals surface area contributed by atoms with Crippen LogP contribution >= 0.6 is 7.60 Å². The minimum atomic E-state index is -3.72. The monoisotopic (exact) mass is 615 g/mol. The fourth-order valence-electron chi connectivity index (χ4n) is 4.79. The highest BCUT2D eigenvalue weighted by Gasteiger charge is 2.38. The van der Waals surface area contributed by atoms with E-state index in [0.717, 1.165) is 36.9 Å². The number of amides is 3. The molecule has 12 nitrogen and oxygen atoms in total. The molecule has 1 aliphatic heterocycles. The van der Waals surface area contributed by atoms with Gasteiger partial charge in [0.25, 0.3) is 5.91 Å². The fraction of sp³-hybridized carbons (Fsp3) is 0.567. The summed E-state index contributed by atoms with van der Waals surface area (Å²) in [5.41, 5.74) is 1.67. The first-order chi connectivity index (χ1) is 20.8. The molecule has 0 bridgehead atoms. The number of aromatic nitrogens is 2. The van der Waals surface area contributed by atoms with Crippen molar-refractivity contribution in [3.05, 3.63) is 47.8 Å². The number of benzene rings is 1. The van der Waals surface area contributed by atoms with Gasteiger partial charge in [-0.05, 0) is 39.2 Å². The van der Waals surface area contributed by atoms with Crippen molar-refractivity contribution in [2.75, 3.05) is 52.2 Å². The van der Waals surface area contributed by atoms with Crippen molar-refractivity contribution >= 4 is 25.5 Å². The third-order valence-electron chi connectivity index (χ3n) is 7.24. The summed E-state index contributed by atoms with van der Waals surface area (Å²) >= 11 is 0. The Bertz CT molecular complexity index is 1290. The molecular weight excluding hydrogens is 573 g/mol. The number of rotatable bonds is 14. The van der Waals surface area contributed by atoms with E-state index in [1.165, 1.54) is 0 Å². The molecule has 1 saturated carbocycles. The molecule has 1 atom stereocenters. The second-order valence-corrected chi connectivity index (χ2v) is 12.7. The van der Waals surface area contributed by atoms with Crippen molar-refractivity contribution < 1.29 is 32.7 Å². The number of nitrogens with one attached hydrogen (secondary N) is 1. The summed E-state index contributed by atoms with van der Waals surface area (Å²) < 4.78 is 29.8. The Labute approximate surface area is 253 Å². The van der Waals surface area contributed by atoms with E-state index in [-0.39, 0.29) is 57.2 Å². The van der Waals surface area contributed by atoms with E-state index in [0.29, 0.717) is 12.4 Å². The predicted octanol–water partition coefficient (Wildman–Crippen LogP) is 4.47. The van der Waals surface area contributed by atoms with E-state index in [9.17, 15) is 18.9 Å². The molecule has 2 aliphatic rings. The highest BCUT2D eigenvalue weighted by atomic mass is 31.2. The Morgan fingerprint density at radius 2 is 1.63 bits per heavy atom. The molecule has 3 amide bonds. The van der Waals surface area contributed by atoms with Gasteiger partial charge in [0.1, 0.15) is 11.7 Å². The molecule has 1 aromatic carbocycles. The fourth-order valence-corrected chi connectivity index (χ4v) is 6.56. The largest absolute Gasteiger partial charge is 0.449 e. The van der Waals surface area contributed by atoms with Gasteiger partial charge in [-0.15, -0.1) is 0 Å². The van der Waals surface area contributed by atoms with Crippen molar-refractivity contribution in [3.63, 3.8) is 0 Å². The van der Waals surface area contributed by atoms with E-state index in [4.69, 9.17) is 18.8 Å². The van der Waals surface area contributed by atoms with E-state index in [1.54, 1.807) is 29.7 Å². The van der Waals surface area contributed by atoms with Gasteiger partial charge in [-0.25, -0.2) is 14.8 Å². The molecule has 1 aliphatic carbocycles. The van der Waals surface area contributed by atoms with Gasteiger partial charge >= 0.3 is 13.7 Å². The quantitative estimate of drug-likeness (QED) is 0.241. The molecule has 13 heteroatoms. The minimum Gasteiger partial charge on any atom is -0.449 e. The van der Waals surface area contributed by atoms with Crippen molar-refractivity contribution in [2.45, 2.75) is 58.4 Å². The Hall–Kier alpha value is -3.34. The van der Waals surface area contributed by atoms with Gasteiger partial charge < -0.3 is 28.9 Å². The van der Waals surface area contributed by atoms with Crippen molar-refractivity contribution in [1.29, 1.82) is 0 Å². The standard InChI is InChI=1S/C30H42N5O7P/c1-4-7-19-40-30(38)35-17-15-34(16-18-35)29(37)26(21-43(39,41-5-2)42-6-3)33-28(36)25-20-24(22-13-14-22)31-27(32-25)23-11-9-8-10-12-23/h8-12,20,22,26H,4-7,13-19,21H2,1-3H3,(H,33,36)/t26-/m0/s1. The van der Waals surface area contributed by atoms with Crippen molar-refractivity contribution in [1.82, 2.24) is 25.1 Å². The lowest BCUT2D eigenvalue weighted by Gasteiger charge is -2.36. The lowest BCUT2D eigenvalue weighted by molar-refractivity contribution is -0.134. The summed E-state index contributed by atoms with van der Waals surface area (Å²) in [7, 11) is -3.72. The number of hydrogen-bond acceptors (Lipinski definition) is 9. The van der Waals surface area contributed by atoms with Crippen LogP contribution in [0.25, 0.3) is 11.4 Å². The van der Waals surface area contributed by atoms with Gasteiger partial charge in [0, 0.05) is 43.4 Å². The number of carbonyl (C=O) groups excluding carboxylic acids is 3. The summed E-state index contributed by atoms with van der Waals surface area (Å²) in [4.78, 5) is 52.2. The molecule has 0 unspecified atom stereocenters. The summed E-state index contributed by atoms with van der Waals surface area (Å²) in [5.74, 6) is -0.339. The lowest BCUT2D eigenvalue weighted by atomic mass is 10.1. The van der Waals surface area contributed by atoms with Crippen LogP contribution in [-0.4, -0.2) is 95.9 Å². The highest BCUT2D eigenvalue weighted by molar-refractivity contribution is 7.54. The number of carbonyl (C=O) groups is 3. The van der Waals surface area contributed by atoms with E-state index in [1.807, 2.05) is 37.3 Å². The molecule has 0 spiro atoms. The number of hydrogen-bond donors (Lipinski definition) is 1. The first-order valence-corrected chi connectivity index (χ1v) is 16.8. The number of unbranched alkanes of at least 4 members (excludes halogenated alkanes) is 1. The zero-order valence-electron chi connectivity index (χ0n) is 25.2. The molecule has 234 valence electrons. The first-order valence-electron chi connectivity index (χ1n) is 15.1.